The third kappa shape index (κ3) is 9.55. The Bertz CT molecular complexity index is 210. The second-order valence-corrected chi connectivity index (χ2v) is 4.00. The molecule has 0 bridgehead atoms. The molecule has 0 aromatic rings. The highest BCUT2D eigenvalue weighted by atomic mass is 32.2. The number of ether oxygens (including phenoxy) is 1. The number of carbonyl (C=O) groups excluding carboxylic acids is 1. The first-order chi connectivity index (χ1) is 7.06. The molecule has 0 saturated carbocycles. The third-order valence-corrected chi connectivity index (χ3v) is 2.36. The van der Waals surface area contributed by atoms with Gasteiger partial charge in [-0.25, -0.2) is 0 Å². The summed E-state index contributed by atoms with van der Waals surface area (Å²) in [5.41, 5.74) is 0. The van der Waals surface area contributed by atoms with Gasteiger partial charge in [0.2, 0.25) is 5.91 Å². The lowest BCUT2D eigenvalue weighted by Gasteiger charge is -2.12. The molecule has 0 aliphatic carbocycles. The van der Waals surface area contributed by atoms with E-state index in [0.717, 1.165) is 11.8 Å². The molecule has 0 radical (unpaired) electrons. The van der Waals surface area contributed by atoms with Crippen LogP contribution in [-0.4, -0.2) is 47.7 Å². The Morgan fingerprint density at radius 3 is 2.67 bits per heavy atom. The minimum atomic E-state index is -0.907. The van der Waals surface area contributed by atoms with Crippen LogP contribution in [0.3, 0.4) is 0 Å². The molecule has 0 saturated heterocycles. The van der Waals surface area contributed by atoms with Crippen molar-refractivity contribution in [3.8, 4) is 0 Å². The predicted octanol–water partition coefficient (Wildman–Crippen LogP) is 0.345. The van der Waals surface area contributed by atoms with E-state index < -0.39 is 5.97 Å². The van der Waals surface area contributed by atoms with Gasteiger partial charge in [0.05, 0.1) is 18.1 Å². The van der Waals surface area contributed by atoms with Crippen molar-refractivity contribution in [2.45, 2.75) is 19.9 Å². The van der Waals surface area contributed by atoms with Crippen LogP contribution < -0.4 is 5.32 Å². The normalized spacial score (nSPS) is 12.1. The van der Waals surface area contributed by atoms with Crippen LogP contribution in [0.25, 0.3) is 0 Å². The zero-order valence-electron chi connectivity index (χ0n) is 8.99. The number of carboxylic acid groups (broad SMARTS) is 1. The van der Waals surface area contributed by atoms with Crippen LogP contribution in [0.5, 0.6) is 0 Å². The van der Waals surface area contributed by atoms with Gasteiger partial charge in [-0.3, -0.25) is 9.59 Å². The van der Waals surface area contributed by atoms with E-state index in [1.165, 1.54) is 0 Å². The Balaban J connectivity index is 3.50. The minimum Gasteiger partial charge on any atom is -0.481 e. The number of amides is 1. The lowest BCUT2D eigenvalue weighted by Crippen LogP contribution is -2.37. The number of rotatable bonds is 8. The van der Waals surface area contributed by atoms with E-state index >= 15 is 0 Å². The molecule has 6 heteroatoms. The van der Waals surface area contributed by atoms with Crippen LogP contribution in [0.2, 0.25) is 0 Å². The van der Waals surface area contributed by atoms with Crippen molar-refractivity contribution < 1.29 is 19.4 Å². The number of thioether (sulfide) groups is 1. The number of carbonyl (C=O) groups is 2. The van der Waals surface area contributed by atoms with Gasteiger partial charge in [-0.05, 0) is 13.8 Å². The van der Waals surface area contributed by atoms with Crippen LogP contribution in [-0.2, 0) is 14.3 Å². The maximum atomic E-state index is 11.2. The van der Waals surface area contributed by atoms with Crippen LogP contribution in [0.1, 0.15) is 13.8 Å². The van der Waals surface area contributed by atoms with Gasteiger partial charge in [0.25, 0.3) is 0 Å². The molecule has 0 aliphatic heterocycles. The molecule has 0 spiro atoms. The topological polar surface area (TPSA) is 75.6 Å². The zero-order chi connectivity index (χ0) is 11.7. The quantitative estimate of drug-likeness (QED) is 0.634. The minimum absolute atomic E-state index is 0.0390. The Labute approximate surface area is 93.6 Å². The van der Waals surface area contributed by atoms with Crippen LogP contribution >= 0.6 is 11.8 Å². The standard InChI is InChI=1S/C9H17NO4S/c1-3-14-4-7(2)10-8(11)5-15-6-9(12)13/h7H,3-6H2,1-2H3,(H,10,11)(H,12,13). The van der Waals surface area contributed by atoms with Crippen molar-refractivity contribution in [3.05, 3.63) is 0 Å². The largest absolute Gasteiger partial charge is 0.481 e. The molecule has 0 aromatic heterocycles. The van der Waals surface area contributed by atoms with E-state index in [4.69, 9.17) is 9.84 Å². The van der Waals surface area contributed by atoms with Gasteiger partial charge in [-0.15, -0.1) is 11.8 Å². The molecule has 0 heterocycles. The van der Waals surface area contributed by atoms with E-state index in [2.05, 4.69) is 5.32 Å². The van der Waals surface area contributed by atoms with Crippen LogP contribution in [0.15, 0.2) is 0 Å². The summed E-state index contributed by atoms with van der Waals surface area (Å²) in [6.45, 7) is 4.83. The highest BCUT2D eigenvalue weighted by Crippen LogP contribution is 1.98. The van der Waals surface area contributed by atoms with Gasteiger partial charge in [0.15, 0.2) is 0 Å². The summed E-state index contributed by atoms with van der Waals surface area (Å²) in [4.78, 5) is 21.4. The van der Waals surface area contributed by atoms with Crippen LogP contribution in [0, 0.1) is 0 Å². The lowest BCUT2D eigenvalue weighted by molar-refractivity contribution is -0.133. The zero-order valence-corrected chi connectivity index (χ0v) is 9.80. The molecule has 0 fully saturated rings. The highest BCUT2D eigenvalue weighted by Gasteiger charge is 2.07. The molecular formula is C9H17NO4S. The van der Waals surface area contributed by atoms with Crippen molar-refractivity contribution >= 4 is 23.6 Å². The summed E-state index contributed by atoms with van der Waals surface area (Å²) < 4.78 is 5.12. The lowest BCUT2D eigenvalue weighted by atomic mass is 10.3. The average Bonchev–Trinajstić information content (AvgIpc) is 2.14. The van der Waals surface area contributed by atoms with E-state index in [0.29, 0.717) is 13.2 Å². The van der Waals surface area contributed by atoms with Gasteiger partial charge in [0.1, 0.15) is 0 Å². The average molecular weight is 235 g/mol. The summed E-state index contributed by atoms with van der Waals surface area (Å²) in [5, 5.41) is 11.1. The van der Waals surface area contributed by atoms with Crippen LogP contribution in [0.4, 0.5) is 0 Å². The van der Waals surface area contributed by atoms with Gasteiger partial charge in [-0.2, -0.15) is 0 Å². The van der Waals surface area contributed by atoms with E-state index in [1.54, 1.807) is 0 Å². The molecule has 0 aliphatic rings. The van der Waals surface area contributed by atoms with Crippen molar-refractivity contribution in [3.63, 3.8) is 0 Å². The maximum Gasteiger partial charge on any atom is 0.313 e. The first kappa shape index (κ1) is 14.2. The second kappa shape index (κ2) is 8.55. The molecule has 1 atom stereocenters. The molecule has 0 rings (SSSR count). The molecule has 1 amide bonds. The number of hydrogen-bond acceptors (Lipinski definition) is 4. The van der Waals surface area contributed by atoms with Gasteiger partial charge in [0, 0.05) is 12.6 Å². The van der Waals surface area contributed by atoms with E-state index in [9.17, 15) is 9.59 Å². The summed E-state index contributed by atoms with van der Waals surface area (Å²) in [5.74, 6) is -0.945. The smallest absolute Gasteiger partial charge is 0.313 e. The Kier molecular flexibility index (Phi) is 8.12. The fourth-order valence-electron chi connectivity index (χ4n) is 0.884. The predicted molar refractivity (Wildman–Crippen MR) is 59.1 cm³/mol. The Hall–Kier alpha value is -0.750. The summed E-state index contributed by atoms with van der Waals surface area (Å²) in [7, 11) is 0. The Morgan fingerprint density at radius 2 is 2.13 bits per heavy atom. The maximum absolute atomic E-state index is 11.2. The molecule has 88 valence electrons. The number of nitrogens with one attached hydrogen (secondary N) is 1. The molecule has 1 unspecified atom stereocenters. The first-order valence-corrected chi connectivity index (χ1v) is 5.88. The molecule has 0 aromatic carbocycles. The SMILES string of the molecule is CCOCC(C)NC(=O)CSCC(=O)O. The summed E-state index contributed by atoms with van der Waals surface area (Å²) in [6, 6.07) is -0.0390. The van der Waals surface area contributed by atoms with E-state index in [1.807, 2.05) is 13.8 Å². The van der Waals surface area contributed by atoms with Crippen molar-refractivity contribution in [2.75, 3.05) is 24.7 Å². The number of aliphatic carboxylic acids is 1. The third-order valence-electron chi connectivity index (χ3n) is 1.44. The second-order valence-electron chi connectivity index (χ2n) is 3.01. The van der Waals surface area contributed by atoms with Crippen molar-refractivity contribution in [2.24, 2.45) is 0 Å². The first-order valence-electron chi connectivity index (χ1n) is 4.73. The molecule has 15 heavy (non-hydrogen) atoms. The molecular weight excluding hydrogens is 218 g/mol. The van der Waals surface area contributed by atoms with Gasteiger partial charge in [-0.1, -0.05) is 0 Å². The fraction of sp³-hybridized carbons (Fsp3) is 0.778. The van der Waals surface area contributed by atoms with Crippen molar-refractivity contribution in [1.29, 1.82) is 0 Å². The van der Waals surface area contributed by atoms with Gasteiger partial charge < -0.3 is 15.2 Å². The molecule has 5 nitrogen and oxygen atoms in total. The number of hydrogen-bond donors (Lipinski definition) is 2. The fourth-order valence-corrected chi connectivity index (χ4v) is 1.43. The van der Waals surface area contributed by atoms with Crippen molar-refractivity contribution in [1.82, 2.24) is 5.32 Å². The monoisotopic (exact) mass is 235 g/mol. The Morgan fingerprint density at radius 1 is 1.47 bits per heavy atom. The summed E-state index contributed by atoms with van der Waals surface area (Å²) >= 11 is 1.08. The highest BCUT2D eigenvalue weighted by molar-refractivity contribution is 8.00. The molecule has 2 N–H and O–H groups in total. The summed E-state index contributed by atoms with van der Waals surface area (Å²) in [6.07, 6.45) is 0. The number of carboxylic acids is 1. The van der Waals surface area contributed by atoms with E-state index in [-0.39, 0.29) is 23.5 Å². The van der Waals surface area contributed by atoms with Gasteiger partial charge >= 0.3 is 5.97 Å².